The van der Waals surface area contributed by atoms with Gasteiger partial charge >= 0.3 is 0 Å². The van der Waals surface area contributed by atoms with Crippen LogP contribution in [0.5, 0.6) is 5.75 Å². The van der Waals surface area contributed by atoms with E-state index in [9.17, 15) is 4.79 Å². The standard InChI is InChI=1S/C19H15Cl2N3O2/c1-19(2)15-16(18(22)25)23-24(13-8-7-10(20)9-12(13)21)17(15)11-5-3-4-6-14(11)26-19/h3-9H,1-2H3,(H2,22,25). The van der Waals surface area contributed by atoms with Gasteiger partial charge in [0.2, 0.25) is 0 Å². The van der Waals surface area contributed by atoms with Crippen LogP contribution in [-0.4, -0.2) is 15.7 Å². The minimum Gasteiger partial charge on any atom is -0.482 e. The second-order valence-corrected chi connectivity index (χ2v) is 7.40. The van der Waals surface area contributed by atoms with Crippen LogP contribution >= 0.6 is 23.2 Å². The average molecular weight is 388 g/mol. The molecule has 1 aliphatic heterocycles. The molecule has 2 N–H and O–H groups in total. The van der Waals surface area contributed by atoms with E-state index in [1.54, 1.807) is 22.9 Å². The number of para-hydroxylation sites is 1. The second kappa shape index (κ2) is 5.76. The van der Waals surface area contributed by atoms with Gasteiger partial charge in [-0.25, -0.2) is 4.68 Å². The predicted molar refractivity (Wildman–Crippen MR) is 101 cm³/mol. The van der Waals surface area contributed by atoms with Crippen molar-refractivity contribution in [2.45, 2.75) is 19.4 Å². The number of fused-ring (bicyclic) bond motifs is 3. The maximum Gasteiger partial charge on any atom is 0.269 e. The third kappa shape index (κ3) is 2.47. The van der Waals surface area contributed by atoms with E-state index in [4.69, 9.17) is 33.7 Å². The number of ether oxygens (including phenoxy) is 1. The normalized spacial score (nSPS) is 14.3. The van der Waals surface area contributed by atoms with Gasteiger partial charge in [-0.15, -0.1) is 0 Å². The van der Waals surface area contributed by atoms with E-state index >= 15 is 0 Å². The van der Waals surface area contributed by atoms with Crippen LogP contribution in [-0.2, 0) is 5.60 Å². The van der Waals surface area contributed by atoms with E-state index in [2.05, 4.69) is 5.10 Å². The first-order valence-corrected chi connectivity index (χ1v) is 8.72. The number of benzene rings is 2. The van der Waals surface area contributed by atoms with Crippen molar-refractivity contribution in [2.24, 2.45) is 5.73 Å². The number of nitrogens with two attached hydrogens (primary N) is 1. The minimum atomic E-state index is -0.787. The van der Waals surface area contributed by atoms with Crippen LogP contribution in [0.3, 0.4) is 0 Å². The highest BCUT2D eigenvalue weighted by Gasteiger charge is 2.40. The molecule has 7 heteroatoms. The number of rotatable bonds is 2. The second-order valence-electron chi connectivity index (χ2n) is 6.55. The molecule has 2 aromatic carbocycles. The van der Waals surface area contributed by atoms with Crippen LogP contribution in [0.15, 0.2) is 42.5 Å². The van der Waals surface area contributed by atoms with Crippen molar-refractivity contribution in [3.05, 3.63) is 63.8 Å². The number of halogens is 2. The lowest BCUT2D eigenvalue weighted by Gasteiger charge is -2.33. The highest BCUT2D eigenvalue weighted by Crippen LogP contribution is 2.47. The van der Waals surface area contributed by atoms with Crippen molar-refractivity contribution >= 4 is 29.1 Å². The van der Waals surface area contributed by atoms with Gasteiger partial charge in [-0.2, -0.15) is 5.10 Å². The third-order valence-electron chi connectivity index (χ3n) is 4.37. The van der Waals surface area contributed by atoms with E-state index in [-0.39, 0.29) is 5.69 Å². The maximum atomic E-state index is 12.1. The van der Waals surface area contributed by atoms with Gasteiger partial charge in [0, 0.05) is 10.6 Å². The van der Waals surface area contributed by atoms with Crippen molar-refractivity contribution in [3.8, 4) is 22.7 Å². The predicted octanol–water partition coefficient (Wildman–Crippen LogP) is 4.57. The summed E-state index contributed by atoms with van der Waals surface area (Å²) < 4.78 is 7.76. The van der Waals surface area contributed by atoms with E-state index in [1.807, 2.05) is 38.1 Å². The number of hydrogen-bond donors (Lipinski definition) is 1. The van der Waals surface area contributed by atoms with Crippen LogP contribution in [0.2, 0.25) is 10.0 Å². The molecule has 0 fully saturated rings. The molecule has 0 atom stereocenters. The van der Waals surface area contributed by atoms with Gasteiger partial charge in [0.1, 0.15) is 11.4 Å². The van der Waals surface area contributed by atoms with Gasteiger partial charge in [-0.3, -0.25) is 4.79 Å². The largest absolute Gasteiger partial charge is 0.482 e. The molecule has 0 spiro atoms. The summed E-state index contributed by atoms with van der Waals surface area (Å²) in [6.07, 6.45) is 0. The Kier molecular flexibility index (Phi) is 3.75. The molecule has 0 radical (unpaired) electrons. The molecule has 3 aromatic rings. The number of aromatic nitrogens is 2. The summed E-state index contributed by atoms with van der Waals surface area (Å²) in [6.45, 7) is 3.76. The van der Waals surface area contributed by atoms with Gasteiger partial charge < -0.3 is 10.5 Å². The molecule has 0 saturated carbocycles. The lowest BCUT2D eigenvalue weighted by Crippen LogP contribution is -2.31. The van der Waals surface area contributed by atoms with Crippen LogP contribution in [0.1, 0.15) is 29.9 Å². The number of carbonyl (C=O) groups excluding carboxylic acids is 1. The molecule has 1 aliphatic rings. The molecule has 132 valence electrons. The molecular formula is C19H15Cl2N3O2. The molecule has 4 rings (SSSR count). The van der Waals surface area contributed by atoms with Crippen LogP contribution in [0.4, 0.5) is 0 Å². The van der Waals surface area contributed by atoms with Crippen molar-refractivity contribution in [1.82, 2.24) is 9.78 Å². The Morgan fingerprint density at radius 1 is 1.19 bits per heavy atom. The number of carbonyl (C=O) groups is 1. The molecular weight excluding hydrogens is 373 g/mol. The molecule has 0 unspecified atom stereocenters. The topological polar surface area (TPSA) is 70.1 Å². The molecule has 0 saturated heterocycles. The third-order valence-corrected chi connectivity index (χ3v) is 4.90. The fourth-order valence-corrected chi connectivity index (χ4v) is 3.80. The van der Waals surface area contributed by atoms with Crippen LogP contribution in [0, 0.1) is 0 Å². The smallest absolute Gasteiger partial charge is 0.269 e. The molecule has 26 heavy (non-hydrogen) atoms. The van der Waals surface area contributed by atoms with Crippen LogP contribution < -0.4 is 10.5 Å². The summed E-state index contributed by atoms with van der Waals surface area (Å²) in [5.74, 6) is 0.0772. The fraction of sp³-hybridized carbons (Fsp3) is 0.158. The van der Waals surface area contributed by atoms with Crippen molar-refractivity contribution in [3.63, 3.8) is 0 Å². The lowest BCUT2D eigenvalue weighted by atomic mass is 9.89. The highest BCUT2D eigenvalue weighted by atomic mass is 35.5. The summed E-state index contributed by atoms with van der Waals surface area (Å²) in [6, 6.07) is 12.7. The lowest BCUT2D eigenvalue weighted by molar-refractivity contribution is 0.0935. The first kappa shape index (κ1) is 16.9. The Morgan fingerprint density at radius 3 is 2.62 bits per heavy atom. The zero-order valence-corrected chi connectivity index (χ0v) is 15.6. The summed E-state index contributed by atoms with van der Waals surface area (Å²) >= 11 is 12.4. The molecule has 1 amide bonds. The number of hydrogen-bond acceptors (Lipinski definition) is 3. The molecule has 2 heterocycles. The van der Waals surface area contributed by atoms with E-state index in [1.165, 1.54) is 0 Å². The average Bonchev–Trinajstić information content (AvgIpc) is 2.96. The van der Waals surface area contributed by atoms with Crippen molar-refractivity contribution in [2.75, 3.05) is 0 Å². The monoisotopic (exact) mass is 387 g/mol. The first-order chi connectivity index (χ1) is 12.3. The van der Waals surface area contributed by atoms with E-state index in [0.717, 1.165) is 11.3 Å². The number of nitrogens with zero attached hydrogens (tertiary/aromatic N) is 2. The van der Waals surface area contributed by atoms with E-state index in [0.29, 0.717) is 27.0 Å². The van der Waals surface area contributed by atoms with Crippen LogP contribution in [0.25, 0.3) is 16.9 Å². The zero-order chi connectivity index (χ0) is 18.6. The zero-order valence-electron chi connectivity index (χ0n) is 14.1. The molecule has 0 aliphatic carbocycles. The summed E-state index contributed by atoms with van der Waals surface area (Å²) in [4.78, 5) is 12.1. The van der Waals surface area contributed by atoms with Gasteiger partial charge in [-0.1, -0.05) is 35.3 Å². The SMILES string of the molecule is CC1(C)Oc2ccccc2-c2c1c(C(N)=O)nn2-c1ccc(Cl)cc1Cl. The first-order valence-electron chi connectivity index (χ1n) is 7.97. The Hall–Kier alpha value is -2.50. The molecule has 1 aromatic heterocycles. The van der Waals surface area contributed by atoms with Gasteiger partial charge in [0.15, 0.2) is 5.69 Å². The summed E-state index contributed by atoms with van der Waals surface area (Å²) in [5, 5.41) is 5.41. The Labute approximate surface area is 160 Å². The maximum absolute atomic E-state index is 12.1. The van der Waals surface area contributed by atoms with Crippen molar-refractivity contribution in [1.29, 1.82) is 0 Å². The van der Waals surface area contributed by atoms with Crippen molar-refractivity contribution < 1.29 is 9.53 Å². The van der Waals surface area contributed by atoms with Gasteiger partial charge in [0.05, 0.1) is 22.0 Å². The molecule has 0 bridgehead atoms. The quantitative estimate of drug-likeness (QED) is 0.699. The number of primary amides is 1. The number of amides is 1. The summed E-state index contributed by atoms with van der Waals surface area (Å²) in [7, 11) is 0. The van der Waals surface area contributed by atoms with Gasteiger partial charge in [-0.05, 0) is 44.2 Å². The highest BCUT2D eigenvalue weighted by molar-refractivity contribution is 6.35. The Balaban J connectivity index is 2.12. The summed E-state index contributed by atoms with van der Waals surface area (Å²) in [5.41, 5.74) is 7.76. The van der Waals surface area contributed by atoms with Gasteiger partial charge in [0.25, 0.3) is 5.91 Å². The molecule has 5 nitrogen and oxygen atoms in total. The Bertz CT molecular complexity index is 1060. The fourth-order valence-electron chi connectivity index (χ4n) is 3.31. The minimum absolute atomic E-state index is 0.158. The Morgan fingerprint density at radius 2 is 1.92 bits per heavy atom. The van der Waals surface area contributed by atoms with E-state index < -0.39 is 11.5 Å².